The second kappa shape index (κ2) is 6.42. The van der Waals surface area contributed by atoms with Crippen molar-refractivity contribution in [2.24, 2.45) is 0 Å². The van der Waals surface area contributed by atoms with Gasteiger partial charge in [0.15, 0.2) is 0 Å². The summed E-state index contributed by atoms with van der Waals surface area (Å²) in [5.74, 6) is -0.274. The normalized spacial score (nSPS) is 22.9. The third-order valence-corrected chi connectivity index (χ3v) is 5.00. The van der Waals surface area contributed by atoms with Gasteiger partial charge in [0.2, 0.25) is 0 Å². The Morgan fingerprint density at radius 1 is 1.40 bits per heavy atom. The van der Waals surface area contributed by atoms with E-state index in [1.54, 1.807) is 6.07 Å². The molecule has 0 aromatic heterocycles. The molecular weight excluding hydrogens is 275 g/mol. The van der Waals surface area contributed by atoms with E-state index in [4.69, 9.17) is 11.6 Å². The van der Waals surface area contributed by atoms with Crippen molar-refractivity contribution in [2.45, 2.75) is 51.7 Å². The fourth-order valence-electron chi connectivity index (χ4n) is 2.90. The van der Waals surface area contributed by atoms with E-state index in [2.05, 4.69) is 31.0 Å². The SMILES string of the molecule is CCC1(CC)CN(Cc2ccc(F)cc2Cl)C(C)CN1. The molecule has 4 heteroatoms. The zero-order valence-corrected chi connectivity index (χ0v) is 13.3. The van der Waals surface area contributed by atoms with Gasteiger partial charge in [-0.3, -0.25) is 4.90 Å². The van der Waals surface area contributed by atoms with Crippen LogP contribution in [0.4, 0.5) is 4.39 Å². The minimum Gasteiger partial charge on any atom is -0.308 e. The Balaban J connectivity index is 2.14. The highest BCUT2D eigenvalue weighted by Crippen LogP contribution is 2.26. The molecule has 0 bridgehead atoms. The second-order valence-corrected chi connectivity index (χ2v) is 6.27. The highest BCUT2D eigenvalue weighted by molar-refractivity contribution is 6.31. The molecule has 1 aliphatic heterocycles. The Labute approximate surface area is 126 Å². The van der Waals surface area contributed by atoms with E-state index in [9.17, 15) is 4.39 Å². The molecule has 112 valence electrons. The smallest absolute Gasteiger partial charge is 0.124 e. The van der Waals surface area contributed by atoms with E-state index >= 15 is 0 Å². The first kappa shape index (κ1) is 15.7. The molecule has 0 amide bonds. The minimum atomic E-state index is -0.274. The molecule has 1 heterocycles. The van der Waals surface area contributed by atoms with Gasteiger partial charge in [0.05, 0.1) is 0 Å². The van der Waals surface area contributed by atoms with Crippen LogP contribution in [0.1, 0.15) is 39.2 Å². The summed E-state index contributed by atoms with van der Waals surface area (Å²) in [6, 6.07) is 5.14. The maximum atomic E-state index is 13.1. The molecule has 1 N–H and O–H groups in total. The maximum Gasteiger partial charge on any atom is 0.124 e. The van der Waals surface area contributed by atoms with Crippen molar-refractivity contribution in [3.63, 3.8) is 0 Å². The van der Waals surface area contributed by atoms with E-state index < -0.39 is 0 Å². The number of benzene rings is 1. The van der Waals surface area contributed by atoms with Crippen molar-refractivity contribution in [1.29, 1.82) is 0 Å². The summed E-state index contributed by atoms with van der Waals surface area (Å²) in [5.41, 5.74) is 1.20. The summed E-state index contributed by atoms with van der Waals surface area (Å²) < 4.78 is 13.1. The molecular formula is C16H24ClFN2. The van der Waals surface area contributed by atoms with Crippen molar-refractivity contribution in [1.82, 2.24) is 10.2 Å². The molecule has 2 nitrogen and oxygen atoms in total. The van der Waals surface area contributed by atoms with E-state index in [-0.39, 0.29) is 11.4 Å². The number of nitrogens with zero attached hydrogens (tertiary/aromatic N) is 1. The first-order valence-electron chi connectivity index (χ1n) is 7.42. The van der Waals surface area contributed by atoms with Crippen LogP contribution >= 0.6 is 11.6 Å². The standard InChI is InChI=1S/C16H24ClFN2/c1-4-16(5-2)11-20(12(3)9-19-16)10-13-6-7-14(18)8-15(13)17/h6-8,12,19H,4-5,9-11H2,1-3H3. The lowest BCUT2D eigenvalue weighted by Gasteiger charge is -2.46. The Bertz CT molecular complexity index is 460. The molecule has 1 aromatic carbocycles. The van der Waals surface area contributed by atoms with Gasteiger partial charge in [0.1, 0.15) is 5.82 Å². The van der Waals surface area contributed by atoms with Gasteiger partial charge in [-0.1, -0.05) is 31.5 Å². The summed E-state index contributed by atoms with van der Waals surface area (Å²) in [4.78, 5) is 2.45. The van der Waals surface area contributed by atoms with Gasteiger partial charge >= 0.3 is 0 Å². The van der Waals surface area contributed by atoms with E-state index in [1.165, 1.54) is 12.1 Å². The van der Waals surface area contributed by atoms with Crippen LogP contribution in [0.15, 0.2) is 18.2 Å². The van der Waals surface area contributed by atoms with Crippen LogP contribution < -0.4 is 5.32 Å². The third-order valence-electron chi connectivity index (χ3n) is 4.64. The molecule has 1 aliphatic rings. The molecule has 2 rings (SSSR count). The van der Waals surface area contributed by atoms with Gasteiger partial charge in [-0.15, -0.1) is 0 Å². The lowest BCUT2D eigenvalue weighted by molar-refractivity contribution is 0.0746. The molecule has 20 heavy (non-hydrogen) atoms. The lowest BCUT2D eigenvalue weighted by atomic mass is 9.88. The lowest BCUT2D eigenvalue weighted by Crippen LogP contribution is -2.62. The maximum absolute atomic E-state index is 13.1. The van der Waals surface area contributed by atoms with Crippen molar-refractivity contribution in [3.8, 4) is 0 Å². The quantitative estimate of drug-likeness (QED) is 0.909. The molecule has 1 aromatic rings. The average molecular weight is 299 g/mol. The number of halogens is 2. The van der Waals surface area contributed by atoms with Gasteiger partial charge in [-0.25, -0.2) is 4.39 Å². The monoisotopic (exact) mass is 298 g/mol. The highest BCUT2D eigenvalue weighted by Gasteiger charge is 2.35. The van der Waals surface area contributed by atoms with Crippen molar-refractivity contribution >= 4 is 11.6 Å². The van der Waals surface area contributed by atoms with Crippen LogP contribution in [0.3, 0.4) is 0 Å². The number of nitrogens with one attached hydrogen (secondary N) is 1. The third kappa shape index (κ3) is 3.33. The van der Waals surface area contributed by atoms with E-state index in [0.717, 1.165) is 38.0 Å². The van der Waals surface area contributed by atoms with Crippen LogP contribution in [-0.2, 0) is 6.54 Å². The molecule has 1 atom stereocenters. The van der Waals surface area contributed by atoms with Crippen LogP contribution in [0.5, 0.6) is 0 Å². The Morgan fingerprint density at radius 2 is 2.10 bits per heavy atom. The van der Waals surface area contributed by atoms with Crippen molar-refractivity contribution < 1.29 is 4.39 Å². The average Bonchev–Trinajstić information content (AvgIpc) is 2.44. The number of piperazine rings is 1. The topological polar surface area (TPSA) is 15.3 Å². The molecule has 1 fully saturated rings. The predicted molar refractivity (Wildman–Crippen MR) is 82.6 cm³/mol. The van der Waals surface area contributed by atoms with Gasteiger partial charge in [-0.05, 0) is 37.5 Å². The fraction of sp³-hybridized carbons (Fsp3) is 0.625. The number of hydrogen-bond acceptors (Lipinski definition) is 2. The largest absolute Gasteiger partial charge is 0.308 e. The summed E-state index contributed by atoms with van der Waals surface area (Å²) >= 11 is 6.15. The summed E-state index contributed by atoms with van der Waals surface area (Å²) in [5, 5.41) is 4.21. The highest BCUT2D eigenvalue weighted by atomic mass is 35.5. The molecule has 0 aliphatic carbocycles. The molecule has 0 saturated carbocycles. The zero-order valence-electron chi connectivity index (χ0n) is 12.5. The molecule has 1 unspecified atom stereocenters. The first-order chi connectivity index (χ1) is 9.49. The Hall–Kier alpha value is -0.640. The molecule has 1 saturated heterocycles. The number of rotatable bonds is 4. The second-order valence-electron chi connectivity index (χ2n) is 5.86. The fourth-order valence-corrected chi connectivity index (χ4v) is 3.12. The van der Waals surface area contributed by atoms with Gasteiger partial charge < -0.3 is 5.32 Å². The summed E-state index contributed by atoms with van der Waals surface area (Å²) in [7, 11) is 0. The van der Waals surface area contributed by atoms with E-state index in [0.29, 0.717) is 11.1 Å². The number of hydrogen-bond donors (Lipinski definition) is 1. The summed E-state index contributed by atoms with van der Waals surface area (Å²) in [6.07, 6.45) is 2.23. The van der Waals surface area contributed by atoms with Gasteiger partial charge in [0, 0.05) is 36.2 Å². The predicted octanol–water partition coefficient (Wildman–Crippen LogP) is 3.83. The van der Waals surface area contributed by atoms with E-state index in [1.807, 2.05) is 0 Å². The minimum absolute atomic E-state index is 0.193. The molecule has 0 spiro atoms. The molecule has 0 radical (unpaired) electrons. The zero-order chi connectivity index (χ0) is 14.8. The van der Waals surface area contributed by atoms with Crippen LogP contribution in [-0.4, -0.2) is 29.6 Å². The first-order valence-corrected chi connectivity index (χ1v) is 7.80. The van der Waals surface area contributed by atoms with Crippen LogP contribution in [0, 0.1) is 5.82 Å². The Morgan fingerprint density at radius 3 is 2.70 bits per heavy atom. The van der Waals surface area contributed by atoms with Crippen LogP contribution in [0.25, 0.3) is 0 Å². The van der Waals surface area contributed by atoms with Crippen molar-refractivity contribution in [2.75, 3.05) is 13.1 Å². The summed E-state index contributed by atoms with van der Waals surface area (Å²) in [6.45, 7) is 9.46. The van der Waals surface area contributed by atoms with Crippen molar-refractivity contribution in [3.05, 3.63) is 34.6 Å². The Kier molecular flexibility index (Phi) is 5.05. The van der Waals surface area contributed by atoms with Crippen LogP contribution in [0.2, 0.25) is 5.02 Å². The van der Waals surface area contributed by atoms with Gasteiger partial charge in [0.25, 0.3) is 0 Å². The van der Waals surface area contributed by atoms with Gasteiger partial charge in [-0.2, -0.15) is 0 Å².